The minimum Gasteiger partial charge on any atom is -0.345 e. The van der Waals surface area contributed by atoms with E-state index in [1.807, 2.05) is 18.2 Å². The average molecular weight is 401 g/mol. The lowest BCUT2D eigenvalue weighted by Gasteiger charge is -2.35. The predicted molar refractivity (Wildman–Crippen MR) is 117 cm³/mol. The summed E-state index contributed by atoms with van der Waals surface area (Å²) in [6.45, 7) is 3.63. The molecule has 28 heavy (non-hydrogen) atoms. The maximum atomic E-state index is 13.1. The maximum absolute atomic E-state index is 13.1. The fourth-order valence-corrected chi connectivity index (χ4v) is 4.41. The quantitative estimate of drug-likeness (QED) is 0.445. The first kappa shape index (κ1) is 21.0. The molecule has 0 radical (unpaired) electrons. The molecule has 3 rings (SSSR count). The van der Waals surface area contributed by atoms with Crippen LogP contribution in [0.1, 0.15) is 76.0 Å². The van der Waals surface area contributed by atoms with Crippen LogP contribution in [0, 0.1) is 0 Å². The molecule has 0 spiro atoms. The topological polar surface area (TPSA) is 25.2 Å². The summed E-state index contributed by atoms with van der Waals surface area (Å²) in [4.78, 5) is 15.2. The van der Waals surface area contributed by atoms with Crippen molar-refractivity contribution in [1.82, 2.24) is 9.47 Å². The van der Waals surface area contributed by atoms with E-state index < -0.39 is 0 Å². The van der Waals surface area contributed by atoms with Crippen molar-refractivity contribution in [3.8, 4) is 0 Å². The van der Waals surface area contributed by atoms with Crippen molar-refractivity contribution in [2.24, 2.45) is 0 Å². The van der Waals surface area contributed by atoms with Crippen molar-refractivity contribution >= 4 is 17.5 Å². The highest BCUT2D eigenvalue weighted by atomic mass is 35.5. The molecule has 0 atom stereocenters. The summed E-state index contributed by atoms with van der Waals surface area (Å²) < 4.78 is 2.23. The summed E-state index contributed by atoms with van der Waals surface area (Å²) in [5.41, 5.74) is 2.30. The van der Waals surface area contributed by atoms with E-state index in [0.29, 0.717) is 24.9 Å². The third-order valence-electron chi connectivity index (χ3n) is 5.88. The number of amides is 1. The molecule has 1 heterocycles. The number of hydrogen-bond acceptors (Lipinski definition) is 1. The highest BCUT2D eigenvalue weighted by Gasteiger charge is 2.26. The Labute approximate surface area is 174 Å². The largest absolute Gasteiger partial charge is 0.345 e. The van der Waals surface area contributed by atoms with E-state index in [9.17, 15) is 4.79 Å². The molecule has 1 amide bonds. The molecule has 1 saturated carbocycles. The van der Waals surface area contributed by atoms with Gasteiger partial charge in [0, 0.05) is 35.9 Å². The van der Waals surface area contributed by atoms with Crippen molar-refractivity contribution < 1.29 is 4.79 Å². The fourth-order valence-electron chi connectivity index (χ4n) is 4.22. The number of rotatable bonds is 9. The molecule has 0 N–H and O–H groups in total. The van der Waals surface area contributed by atoms with Gasteiger partial charge in [0.2, 0.25) is 5.91 Å². The number of benzene rings is 1. The molecule has 2 aromatic rings. The van der Waals surface area contributed by atoms with Gasteiger partial charge in [0.25, 0.3) is 0 Å². The van der Waals surface area contributed by atoms with Crippen LogP contribution in [0.2, 0.25) is 5.02 Å². The third kappa shape index (κ3) is 5.64. The van der Waals surface area contributed by atoms with Crippen molar-refractivity contribution in [2.45, 2.75) is 83.8 Å². The second kappa shape index (κ2) is 10.7. The predicted octanol–water partition coefficient (Wildman–Crippen LogP) is 6.43. The Morgan fingerprint density at radius 1 is 1.11 bits per heavy atom. The van der Waals surface area contributed by atoms with Crippen LogP contribution in [0.3, 0.4) is 0 Å². The van der Waals surface area contributed by atoms with Crippen molar-refractivity contribution in [2.75, 3.05) is 0 Å². The van der Waals surface area contributed by atoms with Crippen LogP contribution in [0.25, 0.3) is 0 Å². The Kier molecular flexibility index (Phi) is 8.02. The van der Waals surface area contributed by atoms with Crippen molar-refractivity contribution in [1.29, 1.82) is 0 Å². The zero-order valence-electron chi connectivity index (χ0n) is 17.1. The summed E-state index contributed by atoms with van der Waals surface area (Å²) >= 11 is 6.36. The van der Waals surface area contributed by atoms with Crippen molar-refractivity contribution in [3.05, 3.63) is 58.9 Å². The van der Waals surface area contributed by atoms with Crippen LogP contribution in [0.4, 0.5) is 0 Å². The molecule has 0 unspecified atom stereocenters. The smallest absolute Gasteiger partial charge is 0.223 e. The summed E-state index contributed by atoms with van der Waals surface area (Å²) in [7, 11) is 0. The van der Waals surface area contributed by atoms with Crippen LogP contribution >= 0.6 is 11.6 Å². The van der Waals surface area contributed by atoms with Gasteiger partial charge in [0.15, 0.2) is 0 Å². The third-order valence-corrected chi connectivity index (χ3v) is 6.25. The Hall–Kier alpha value is -1.74. The minimum atomic E-state index is 0.325. The Morgan fingerprint density at radius 3 is 2.64 bits per heavy atom. The molecular weight excluding hydrogens is 368 g/mol. The molecule has 3 nitrogen and oxygen atoms in total. The van der Waals surface area contributed by atoms with Gasteiger partial charge in [-0.15, -0.1) is 0 Å². The monoisotopic (exact) mass is 400 g/mol. The SMILES string of the molecule is CCCCCC(=O)N(Cc1cccn1Cc1ccccc1Cl)C1CCCCC1. The van der Waals surface area contributed by atoms with Gasteiger partial charge in [-0.3, -0.25) is 4.79 Å². The van der Waals surface area contributed by atoms with Crippen LogP contribution in [0.5, 0.6) is 0 Å². The molecule has 0 aliphatic heterocycles. The number of aromatic nitrogens is 1. The Morgan fingerprint density at radius 2 is 1.89 bits per heavy atom. The van der Waals surface area contributed by atoms with Crippen LogP contribution < -0.4 is 0 Å². The van der Waals surface area contributed by atoms with Gasteiger partial charge < -0.3 is 9.47 Å². The first-order valence-electron chi connectivity index (χ1n) is 10.9. The molecule has 0 saturated heterocycles. The van der Waals surface area contributed by atoms with E-state index >= 15 is 0 Å². The maximum Gasteiger partial charge on any atom is 0.223 e. The van der Waals surface area contributed by atoms with E-state index in [1.54, 1.807) is 0 Å². The van der Waals surface area contributed by atoms with Gasteiger partial charge in [0.05, 0.1) is 6.54 Å². The van der Waals surface area contributed by atoms with E-state index in [1.165, 1.54) is 25.0 Å². The van der Waals surface area contributed by atoms with E-state index in [4.69, 9.17) is 11.6 Å². The van der Waals surface area contributed by atoms with Crippen molar-refractivity contribution in [3.63, 3.8) is 0 Å². The molecule has 1 fully saturated rings. The molecule has 1 aliphatic rings. The highest BCUT2D eigenvalue weighted by Crippen LogP contribution is 2.26. The second-order valence-corrected chi connectivity index (χ2v) is 8.40. The molecule has 1 aromatic carbocycles. The normalized spacial score (nSPS) is 14.9. The van der Waals surface area contributed by atoms with E-state index in [2.05, 4.69) is 40.8 Å². The van der Waals surface area contributed by atoms with Crippen LogP contribution in [-0.4, -0.2) is 21.4 Å². The summed E-state index contributed by atoms with van der Waals surface area (Å²) in [5.74, 6) is 0.325. The number of nitrogens with zero attached hydrogens (tertiary/aromatic N) is 2. The number of unbranched alkanes of at least 4 members (excludes halogenated alkanes) is 2. The lowest BCUT2D eigenvalue weighted by Crippen LogP contribution is -2.41. The molecule has 4 heteroatoms. The zero-order chi connectivity index (χ0) is 19.8. The molecule has 152 valence electrons. The van der Waals surface area contributed by atoms with Crippen LogP contribution in [0.15, 0.2) is 42.6 Å². The van der Waals surface area contributed by atoms with Gasteiger partial charge in [-0.05, 0) is 43.0 Å². The fraction of sp³-hybridized carbons (Fsp3) is 0.542. The molecule has 0 bridgehead atoms. The van der Waals surface area contributed by atoms with Gasteiger partial charge >= 0.3 is 0 Å². The first-order chi connectivity index (χ1) is 13.7. The Balaban J connectivity index is 1.74. The number of carbonyl (C=O) groups excluding carboxylic acids is 1. The molecule has 1 aliphatic carbocycles. The molecular formula is C24H33ClN2O. The lowest BCUT2D eigenvalue weighted by atomic mass is 9.93. The second-order valence-electron chi connectivity index (χ2n) is 7.99. The van der Waals surface area contributed by atoms with E-state index in [0.717, 1.165) is 49.2 Å². The van der Waals surface area contributed by atoms with Crippen LogP contribution in [-0.2, 0) is 17.9 Å². The zero-order valence-corrected chi connectivity index (χ0v) is 17.8. The van der Waals surface area contributed by atoms with Gasteiger partial charge in [-0.1, -0.05) is 68.8 Å². The first-order valence-corrected chi connectivity index (χ1v) is 11.2. The average Bonchev–Trinajstić information content (AvgIpc) is 3.15. The van der Waals surface area contributed by atoms with Gasteiger partial charge in [-0.25, -0.2) is 0 Å². The lowest BCUT2D eigenvalue weighted by molar-refractivity contribution is -0.135. The highest BCUT2D eigenvalue weighted by molar-refractivity contribution is 6.31. The van der Waals surface area contributed by atoms with E-state index in [-0.39, 0.29) is 0 Å². The number of hydrogen-bond donors (Lipinski definition) is 0. The Bertz CT molecular complexity index is 749. The summed E-state index contributed by atoms with van der Waals surface area (Å²) in [5, 5.41) is 0.793. The van der Waals surface area contributed by atoms with Gasteiger partial charge in [0.1, 0.15) is 0 Å². The number of carbonyl (C=O) groups is 1. The molecule has 1 aromatic heterocycles. The summed E-state index contributed by atoms with van der Waals surface area (Å²) in [6, 6.07) is 12.6. The summed E-state index contributed by atoms with van der Waals surface area (Å²) in [6.07, 6.45) is 12.1. The standard InChI is InChI=1S/C24H33ClN2O/c1-2-3-5-16-24(28)27(21-12-6-4-7-13-21)19-22-14-10-17-26(22)18-20-11-8-9-15-23(20)25/h8-11,14-15,17,21H,2-7,12-13,16,18-19H2,1H3. The minimum absolute atomic E-state index is 0.325. The number of halogens is 1. The van der Waals surface area contributed by atoms with Gasteiger partial charge in [-0.2, -0.15) is 0 Å².